The molecule has 0 spiro atoms. The molecule has 2 aromatic rings. The van der Waals surface area contributed by atoms with E-state index in [0.717, 1.165) is 5.69 Å². The Bertz CT molecular complexity index is 622. The minimum absolute atomic E-state index is 0.00260. The Labute approximate surface area is 105 Å². The van der Waals surface area contributed by atoms with Gasteiger partial charge in [-0.3, -0.25) is 14.9 Å². The van der Waals surface area contributed by atoms with Crippen LogP contribution in [0.3, 0.4) is 0 Å². The van der Waals surface area contributed by atoms with Crippen LogP contribution < -0.4 is 4.72 Å². The maximum Gasteiger partial charge on any atom is 0.280 e. The molecule has 0 unspecified atom stereocenters. The lowest BCUT2D eigenvalue weighted by atomic mass is 9.92. The number of nitrogens with zero attached hydrogens (tertiary/aromatic N) is 2. The van der Waals surface area contributed by atoms with Crippen LogP contribution in [0.25, 0.3) is 0 Å². The molecule has 0 aliphatic carbocycles. The van der Waals surface area contributed by atoms with Gasteiger partial charge in [0.2, 0.25) is 0 Å². The Morgan fingerprint density at radius 2 is 2.00 bits per heavy atom. The van der Waals surface area contributed by atoms with Gasteiger partial charge in [-0.2, -0.15) is 18.6 Å². The number of rotatable bonds is 3. The van der Waals surface area contributed by atoms with E-state index in [1.807, 2.05) is 20.8 Å². The molecule has 0 atom stereocenters. The highest BCUT2D eigenvalue weighted by Gasteiger charge is 2.20. The molecule has 7 nitrogen and oxygen atoms in total. The molecule has 18 heavy (non-hydrogen) atoms. The smallest absolute Gasteiger partial charge is 0.280 e. The van der Waals surface area contributed by atoms with Gasteiger partial charge in [0.25, 0.3) is 10.0 Å². The number of hydrogen-bond acceptors (Lipinski definition) is 4. The van der Waals surface area contributed by atoms with E-state index in [2.05, 4.69) is 25.1 Å². The summed E-state index contributed by atoms with van der Waals surface area (Å²) in [4.78, 5) is 0. The molecule has 0 saturated heterocycles. The van der Waals surface area contributed by atoms with E-state index in [-0.39, 0.29) is 16.3 Å². The fraction of sp³-hybridized carbons (Fsp3) is 0.400. The van der Waals surface area contributed by atoms with Gasteiger partial charge in [0.15, 0.2) is 10.8 Å². The van der Waals surface area contributed by atoms with E-state index in [9.17, 15) is 8.42 Å². The molecule has 2 aromatic heterocycles. The fourth-order valence-electron chi connectivity index (χ4n) is 1.34. The Morgan fingerprint density at radius 1 is 1.28 bits per heavy atom. The lowest BCUT2D eigenvalue weighted by molar-refractivity contribution is 0.567. The summed E-state index contributed by atoms with van der Waals surface area (Å²) < 4.78 is 26.1. The predicted molar refractivity (Wildman–Crippen MR) is 66.7 cm³/mol. The lowest BCUT2D eigenvalue weighted by Crippen LogP contribution is -2.14. The summed E-state index contributed by atoms with van der Waals surface area (Å²) in [7, 11) is -3.65. The van der Waals surface area contributed by atoms with Crippen molar-refractivity contribution in [1.82, 2.24) is 20.4 Å². The first kappa shape index (κ1) is 12.6. The van der Waals surface area contributed by atoms with Crippen LogP contribution in [0, 0.1) is 0 Å². The van der Waals surface area contributed by atoms with Crippen LogP contribution in [-0.4, -0.2) is 28.8 Å². The van der Waals surface area contributed by atoms with Crippen LogP contribution in [0.15, 0.2) is 23.4 Å². The fourth-order valence-corrected chi connectivity index (χ4v) is 2.25. The normalized spacial score (nSPS) is 12.6. The van der Waals surface area contributed by atoms with E-state index >= 15 is 0 Å². The van der Waals surface area contributed by atoms with Crippen molar-refractivity contribution in [3.05, 3.63) is 24.0 Å². The largest absolute Gasteiger partial charge is 0.280 e. The van der Waals surface area contributed by atoms with Gasteiger partial charge in [0.1, 0.15) is 0 Å². The van der Waals surface area contributed by atoms with E-state index < -0.39 is 10.0 Å². The van der Waals surface area contributed by atoms with Crippen LogP contribution in [0.4, 0.5) is 5.82 Å². The van der Waals surface area contributed by atoms with E-state index in [1.165, 1.54) is 12.3 Å². The van der Waals surface area contributed by atoms with Gasteiger partial charge in [0.05, 0.1) is 6.20 Å². The number of nitrogens with one attached hydrogen (secondary N) is 3. The third-order valence-electron chi connectivity index (χ3n) is 2.39. The zero-order valence-electron chi connectivity index (χ0n) is 10.4. The highest BCUT2D eigenvalue weighted by molar-refractivity contribution is 7.92. The maximum absolute atomic E-state index is 11.9. The Kier molecular flexibility index (Phi) is 2.89. The molecular formula is C10H15N5O2S. The summed E-state index contributed by atoms with van der Waals surface area (Å²) in [5, 5.41) is 12.7. The Balaban J connectivity index is 2.23. The quantitative estimate of drug-likeness (QED) is 0.779. The molecule has 0 amide bonds. The second-order valence-corrected chi connectivity index (χ2v) is 6.59. The third-order valence-corrected chi connectivity index (χ3v) is 3.67. The van der Waals surface area contributed by atoms with Gasteiger partial charge in [-0.1, -0.05) is 20.8 Å². The van der Waals surface area contributed by atoms with Crippen molar-refractivity contribution in [2.45, 2.75) is 31.2 Å². The van der Waals surface area contributed by atoms with Crippen molar-refractivity contribution in [3.8, 4) is 0 Å². The van der Waals surface area contributed by atoms with Gasteiger partial charge in [-0.05, 0) is 6.07 Å². The number of sulfonamides is 1. The molecule has 0 saturated carbocycles. The number of anilines is 1. The molecule has 0 aromatic carbocycles. The minimum Gasteiger partial charge on any atom is -0.280 e. The molecule has 3 N–H and O–H groups in total. The molecule has 0 radical (unpaired) electrons. The lowest BCUT2D eigenvalue weighted by Gasteiger charge is -2.14. The zero-order chi connectivity index (χ0) is 13.4. The summed E-state index contributed by atoms with van der Waals surface area (Å²) in [6.45, 7) is 6.02. The second-order valence-electron chi connectivity index (χ2n) is 4.94. The van der Waals surface area contributed by atoms with Crippen LogP contribution >= 0.6 is 0 Å². The second kappa shape index (κ2) is 4.13. The summed E-state index contributed by atoms with van der Waals surface area (Å²) in [5.74, 6) is 0.259. The predicted octanol–water partition coefficient (Wildman–Crippen LogP) is 1.23. The van der Waals surface area contributed by atoms with Crippen molar-refractivity contribution in [1.29, 1.82) is 0 Å². The minimum atomic E-state index is -3.65. The molecular weight excluding hydrogens is 254 g/mol. The van der Waals surface area contributed by atoms with Crippen molar-refractivity contribution in [2.75, 3.05) is 4.72 Å². The summed E-state index contributed by atoms with van der Waals surface area (Å²) in [6.07, 6.45) is 1.37. The van der Waals surface area contributed by atoms with Crippen molar-refractivity contribution in [3.63, 3.8) is 0 Å². The number of aromatic amines is 2. The van der Waals surface area contributed by atoms with E-state index in [0.29, 0.717) is 0 Å². The monoisotopic (exact) mass is 269 g/mol. The molecule has 0 aliphatic rings. The average Bonchev–Trinajstić information content (AvgIpc) is 2.83. The van der Waals surface area contributed by atoms with Gasteiger partial charge >= 0.3 is 0 Å². The van der Waals surface area contributed by atoms with Crippen LogP contribution in [0.5, 0.6) is 0 Å². The highest BCUT2D eigenvalue weighted by Crippen LogP contribution is 2.22. The van der Waals surface area contributed by atoms with Gasteiger partial charge in [-0.15, -0.1) is 0 Å². The number of aromatic nitrogens is 4. The van der Waals surface area contributed by atoms with Crippen molar-refractivity contribution >= 4 is 15.8 Å². The Morgan fingerprint density at radius 3 is 2.50 bits per heavy atom. The molecule has 0 fully saturated rings. The van der Waals surface area contributed by atoms with Crippen molar-refractivity contribution in [2.24, 2.45) is 0 Å². The van der Waals surface area contributed by atoms with Gasteiger partial charge < -0.3 is 0 Å². The summed E-state index contributed by atoms with van der Waals surface area (Å²) in [6, 6.07) is 3.05. The topological polar surface area (TPSA) is 104 Å². The van der Waals surface area contributed by atoms with Crippen molar-refractivity contribution < 1.29 is 8.42 Å². The van der Waals surface area contributed by atoms with Crippen LogP contribution in [0.2, 0.25) is 0 Å². The third kappa shape index (κ3) is 2.53. The van der Waals surface area contributed by atoms with Crippen LogP contribution in [0.1, 0.15) is 26.5 Å². The molecule has 0 aliphatic heterocycles. The first-order chi connectivity index (χ1) is 8.29. The van der Waals surface area contributed by atoms with Gasteiger partial charge in [-0.25, -0.2) is 0 Å². The first-order valence-electron chi connectivity index (χ1n) is 5.37. The highest BCUT2D eigenvalue weighted by atomic mass is 32.2. The van der Waals surface area contributed by atoms with E-state index in [1.54, 1.807) is 6.07 Å². The maximum atomic E-state index is 11.9. The molecule has 8 heteroatoms. The first-order valence-corrected chi connectivity index (χ1v) is 6.85. The Hall–Kier alpha value is -1.83. The standard InChI is InChI=1S/C10H15N5O2S/c1-10(2,3)7-6-8(13-12-7)15-18(16,17)9-4-5-11-14-9/h4-6H,1-3H3,(H,11,14)(H2,12,13,15). The van der Waals surface area contributed by atoms with Crippen LogP contribution in [-0.2, 0) is 15.4 Å². The summed E-state index contributed by atoms with van der Waals surface area (Å²) >= 11 is 0. The SMILES string of the molecule is CC(C)(C)c1cc(NS(=O)(=O)c2ccn[nH]2)n[nH]1. The van der Waals surface area contributed by atoms with Gasteiger partial charge in [0, 0.05) is 17.2 Å². The molecule has 0 bridgehead atoms. The molecule has 2 heterocycles. The summed E-state index contributed by atoms with van der Waals surface area (Å²) in [5.41, 5.74) is 0.731. The average molecular weight is 269 g/mol. The van der Waals surface area contributed by atoms with E-state index in [4.69, 9.17) is 0 Å². The number of hydrogen-bond donors (Lipinski definition) is 3. The number of H-pyrrole nitrogens is 2. The zero-order valence-corrected chi connectivity index (χ0v) is 11.2. The molecule has 2 rings (SSSR count). The molecule has 98 valence electrons.